The van der Waals surface area contributed by atoms with Crippen LogP contribution >= 0.6 is 23.1 Å². The second-order valence-electron chi connectivity index (χ2n) is 7.22. The van der Waals surface area contributed by atoms with Gasteiger partial charge < -0.3 is 10.1 Å². The van der Waals surface area contributed by atoms with Crippen LogP contribution in [0.1, 0.15) is 21.8 Å². The van der Waals surface area contributed by atoms with E-state index >= 15 is 0 Å². The zero-order valence-corrected chi connectivity index (χ0v) is 19.7. The molecule has 2 aromatic carbocycles. The minimum absolute atomic E-state index is 0.185. The van der Waals surface area contributed by atoms with Gasteiger partial charge in [0.2, 0.25) is 5.91 Å². The van der Waals surface area contributed by atoms with Crippen LogP contribution in [0.4, 0.5) is 5.69 Å². The number of thioether (sulfide) groups is 1. The normalized spacial score (nSPS) is 10.9. The van der Waals surface area contributed by atoms with E-state index in [9.17, 15) is 4.79 Å². The second-order valence-corrected chi connectivity index (χ2v) is 9.33. The summed E-state index contributed by atoms with van der Waals surface area (Å²) in [5.41, 5.74) is 3.74. The Labute approximate surface area is 201 Å². The van der Waals surface area contributed by atoms with Crippen molar-refractivity contribution in [3.8, 4) is 5.75 Å². The van der Waals surface area contributed by atoms with E-state index in [1.165, 1.54) is 11.6 Å². The van der Waals surface area contributed by atoms with Crippen LogP contribution in [0.25, 0.3) is 6.08 Å². The summed E-state index contributed by atoms with van der Waals surface area (Å²) in [6, 6.07) is 19.5. The van der Waals surface area contributed by atoms with Gasteiger partial charge in [0.25, 0.3) is 0 Å². The smallest absolute Gasteiger partial charge is 0.248 e. The van der Waals surface area contributed by atoms with Gasteiger partial charge in [-0.15, -0.1) is 23.1 Å². The molecule has 0 saturated carbocycles. The van der Waals surface area contributed by atoms with Crippen molar-refractivity contribution in [1.29, 1.82) is 0 Å². The maximum atomic E-state index is 12.3. The number of hydrogen-bond acceptors (Lipinski definition) is 6. The fourth-order valence-electron chi connectivity index (χ4n) is 2.98. The standard InChI is InChI=1S/C26H23N3O2S2/c1-19-28-23(18-32-19)16-31-24-6-2-4-20(14-24)7-12-26(30)29-22-8-10-25(11-9-22)33-17-21-5-3-13-27-15-21/h2-15,18H,16-17H2,1H3,(H,29,30)/b12-7+. The number of nitrogens with one attached hydrogen (secondary N) is 1. The predicted octanol–water partition coefficient (Wildman–Crippen LogP) is 6.37. The van der Waals surface area contributed by atoms with Crippen LogP contribution in [-0.2, 0) is 17.2 Å². The topological polar surface area (TPSA) is 64.1 Å². The maximum absolute atomic E-state index is 12.3. The number of ether oxygens (including phenoxy) is 1. The first-order chi connectivity index (χ1) is 16.1. The van der Waals surface area contributed by atoms with Crippen LogP contribution in [0.5, 0.6) is 5.75 Å². The molecule has 7 heteroatoms. The molecule has 0 spiro atoms. The van der Waals surface area contributed by atoms with Crippen molar-refractivity contribution in [3.05, 3.63) is 106 Å². The van der Waals surface area contributed by atoms with Crippen molar-refractivity contribution in [3.63, 3.8) is 0 Å². The van der Waals surface area contributed by atoms with Crippen LogP contribution in [-0.4, -0.2) is 15.9 Å². The Morgan fingerprint density at radius 2 is 2.03 bits per heavy atom. The Morgan fingerprint density at radius 3 is 2.79 bits per heavy atom. The molecule has 0 aliphatic carbocycles. The average Bonchev–Trinajstić information content (AvgIpc) is 3.27. The maximum Gasteiger partial charge on any atom is 0.248 e. The van der Waals surface area contributed by atoms with Gasteiger partial charge >= 0.3 is 0 Å². The van der Waals surface area contributed by atoms with E-state index in [1.54, 1.807) is 35.4 Å². The van der Waals surface area contributed by atoms with Crippen molar-refractivity contribution in [2.24, 2.45) is 0 Å². The largest absolute Gasteiger partial charge is 0.487 e. The molecule has 0 saturated heterocycles. The minimum atomic E-state index is -0.185. The van der Waals surface area contributed by atoms with Gasteiger partial charge in [0.15, 0.2) is 0 Å². The summed E-state index contributed by atoms with van der Waals surface area (Å²) in [5.74, 6) is 1.41. The summed E-state index contributed by atoms with van der Waals surface area (Å²) in [7, 11) is 0. The van der Waals surface area contributed by atoms with Crippen molar-refractivity contribution in [2.45, 2.75) is 24.2 Å². The molecule has 5 nitrogen and oxygen atoms in total. The number of pyridine rings is 1. The van der Waals surface area contributed by atoms with Crippen LogP contribution < -0.4 is 10.1 Å². The number of rotatable bonds is 9. The number of aromatic nitrogens is 2. The number of carbonyl (C=O) groups excluding carboxylic acids is 1. The molecule has 0 aliphatic rings. The predicted molar refractivity (Wildman–Crippen MR) is 136 cm³/mol. The average molecular weight is 474 g/mol. The Hall–Kier alpha value is -3.42. The lowest BCUT2D eigenvalue weighted by Gasteiger charge is -2.06. The van der Waals surface area contributed by atoms with Crippen molar-refractivity contribution < 1.29 is 9.53 Å². The third kappa shape index (κ3) is 7.30. The molecule has 166 valence electrons. The number of anilines is 1. The summed E-state index contributed by atoms with van der Waals surface area (Å²) in [4.78, 5) is 22.0. The van der Waals surface area contributed by atoms with E-state index in [-0.39, 0.29) is 5.91 Å². The quantitative estimate of drug-likeness (QED) is 0.226. The van der Waals surface area contributed by atoms with Gasteiger partial charge in [-0.3, -0.25) is 9.78 Å². The number of amides is 1. The number of aryl methyl sites for hydroxylation is 1. The summed E-state index contributed by atoms with van der Waals surface area (Å²) in [5, 5.41) is 5.91. The number of benzene rings is 2. The highest BCUT2D eigenvalue weighted by molar-refractivity contribution is 7.98. The molecule has 1 N–H and O–H groups in total. The van der Waals surface area contributed by atoms with Crippen LogP contribution in [0, 0.1) is 6.92 Å². The van der Waals surface area contributed by atoms with Crippen LogP contribution in [0.15, 0.2) is 89.4 Å². The molecule has 2 heterocycles. The lowest BCUT2D eigenvalue weighted by Crippen LogP contribution is -2.07. The monoisotopic (exact) mass is 473 g/mol. The molecule has 0 aliphatic heterocycles. The van der Waals surface area contributed by atoms with Crippen molar-refractivity contribution in [1.82, 2.24) is 9.97 Å². The van der Waals surface area contributed by atoms with E-state index in [2.05, 4.69) is 21.4 Å². The first-order valence-electron chi connectivity index (χ1n) is 10.4. The van der Waals surface area contributed by atoms with E-state index < -0.39 is 0 Å². The zero-order chi connectivity index (χ0) is 22.9. The third-order valence-electron chi connectivity index (χ3n) is 4.59. The molecule has 4 rings (SSSR count). The van der Waals surface area contributed by atoms with Gasteiger partial charge in [-0.1, -0.05) is 18.2 Å². The summed E-state index contributed by atoms with van der Waals surface area (Å²) in [6.07, 6.45) is 6.94. The van der Waals surface area contributed by atoms with Gasteiger partial charge in [0.05, 0.1) is 10.7 Å². The molecule has 1 amide bonds. The summed E-state index contributed by atoms with van der Waals surface area (Å²) in [6.45, 7) is 2.40. The molecule has 2 aromatic heterocycles. The molecular weight excluding hydrogens is 450 g/mol. The van der Waals surface area contributed by atoms with Crippen molar-refractivity contribution in [2.75, 3.05) is 5.32 Å². The number of thiazole rings is 1. The SMILES string of the molecule is Cc1nc(COc2cccc(/C=C/C(=O)Nc3ccc(SCc4cccnc4)cc3)c2)cs1. The molecule has 0 bridgehead atoms. The lowest BCUT2D eigenvalue weighted by molar-refractivity contribution is -0.111. The van der Waals surface area contributed by atoms with E-state index in [0.717, 1.165) is 38.4 Å². The van der Waals surface area contributed by atoms with E-state index in [0.29, 0.717) is 6.61 Å². The van der Waals surface area contributed by atoms with Gasteiger partial charge in [-0.05, 0) is 66.6 Å². The first-order valence-corrected chi connectivity index (χ1v) is 12.3. The molecular formula is C26H23N3O2S2. The van der Waals surface area contributed by atoms with Crippen LogP contribution in [0.3, 0.4) is 0 Å². The van der Waals surface area contributed by atoms with E-state index in [1.807, 2.05) is 73.1 Å². The van der Waals surface area contributed by atoms with Crippen molar-refractivity contribution >= 4 is 40.8 Å². The Kier molecular flexibility index (Phi) is 7.90. The lowest BCUT2D eigenvalue weighted by atomic mass is 10.2. The van der Waals surface area contributed by atoms with Crippen LogP contribution in [0.2, 0.25) is 0 Å². The summed E-state index contributed by atoms with van der Waals surface area (Å²) >= 11 is 3.34. The second kappa shape index (κ2) is 11.4. The highest BCUT2D eigenvalue weighted by Crippen LogP contribution is 2.24. The fraction of sp³-hybridized carbons (Fsp3) is 0.115. The fourth-order valence-corrected chi connectivity index (χ4v) is 4.41. The number of hydrogen-bond donors (Lipinski definition) is 1. The molecule has 0 radical (unpaired) electrons. The molecule has 0 atom stereocenters. The first kappa shape index (κ1) is 22.8. The highest BCUT2D eigenvalue weighted by Gasteiger charge is 2.02. The van der Waals surface area contributed by atoms with Gasteiger partial charge in [-0.2, -0.15) is 0 Å². The minimum Gasteiger partial charge on any atom is -0.487 e. The Morgan fingerprint density at radius 1 is 1.15 bits per heavy atom. The third-order valence-corrected chi connectivity index (χ3v) is 6.49. The van der Waals surface area contributed by atoms with Gasteiger partial charge in [0, 0.05) is 40.2 Å². The van der Waals surface area contributed by atoms with Gasteiger partial charge in [-0.25, -0.2) is 4.98 Å². The number of nitrogens with zero attached hydrogens (tertiary/aromatic N) is 2. The Bertz CT molecular complexity index is 1220. The number of carbonyl (C=O) groups is 1. The zero-order valence-electron chi connectivity index (χ0n) is 18.1. The van der Waals surface area contributed by atoms with Gasteiger partial charge in [0.1, 0.15) is 12.4 Å². The summed E-state index contributed by atoms with van der Waals surface area (Å²) < 4.78 is 5.81. The molecule has 0 unspecified atom stereocenters. The van der Waals surface area contributed by atoms with E-state index in [4.69, 9.17) is 4.74 Å². The molecule has 33 heavy (non-hydrogen) atoms. The Balaban J connectivity index is 1.27. The molecule has 4 aromatic rings. The highest BCUT2D eigenvalue weighted by atomic mass is 32.2. The molecule has 0 fully saturated rings.